The Kier molecular flexibility index (Phi) is 3.95. The molecule has 2 aromatic carbocycles. The van der Waals surface area contributed by atoms with E-state index < -0.39 is 22.1 Å². The molecule has 1 aromatic heterocycles. The number of alkyl halides is 2. The number of benzene rings is 2. The van der Waals surface area contributed by atoms with Gasteiger partial charge in [-0.05, 0) is 22.9 Å². The predicted octanol–water partition coefficient (Wildman–Crippen LogP) is 3.95. The van der Waals surface area contributed by atoms with Crippen LogP contribution in [-0.2, 0) is 10.0 Å². The van der Waals surface area contributed by atoms with Gasteiger partial charge in [-0.1, -0.05) is 35.9 Å². The van der Waals surface area contributed by atoms with Crippen LogP contribution in [0.5, 0.6) is 0 Å². The third kappa shape index (κ3) is 3.13. The minimum atomic E-state index is -4.06. The van der Waals surface area contributed by atoms with Gasteiger partial charge in [0, 0.05) is 6.07 Å². The third-order valence-electron chi connectivity index (χ3n) is 3.16. The molecule has 0 aliphatic rings. The summed E-state index contributed by atoms with van der Waals surface area (Å²) >= 11 is 6.04. The fraction of sp³-hybridized carbons (Fsp3) is 0.0714. The molecule has 0 saturated heterocycles. The minimum Gasteiger partial charge on any atom is -0.275 e. The first kappa shape index (κ1) is 15.7. The van der Waals surface area contributed by atoms with Crippen molar-refractivity contribution in [1.29, 1.82) is 0 Å². The highest BCUT2D eigenvalue weighted by Gasteiger charge is 2.21. The van der Waals surface area contributed by atoms with Crippen LogP contribution >= 0.6 is 11.6 Å². The summed E-state index contributed by atoms with van der Waals surface area (Å²) in [7, 11) is -4.06. The molecule has 0 aliphatic heterocycles. The molecule has 5 nitrogen and oxygen atoms in total. The van der Waals surface area contributed by atoms with Crippen LogP contribution in [0.25, 0.3) is 10.8 Å². The van der Waals surface area contributed by atoms with Crippen LogP contribution in [0.4, 0.5) is 14.6 Å². The second kappa shape index (κ2) is 5.78. The van der Waals surface area contributed by atoms with Crippen LogP contribution in [-0.4, -0.2) is 18.6 Å². The van der Waals surface area contributed by atoms with Crippen molar-refractivity contribution in [3.63, 3.8) is 0 Å². The number of aromatic nitrogens is 2. The van der Waals surface area contributed by atoms with Crippen molar-refractivity contribution in [2.24, 2.45) is 0 Å². The monoisotopic (exact) mass is 357 g/mol. The quantitative estimate of drug-likeness (QED) is 0.742. The number of fused-ring (bicyclic) bond motifs is 1. The van der Waals surface area contributed by atoms with Crippen LogP contribution in [0.1, 0.15) is 12.1 Å². The van der Waals surface area contributed by atoms with Crippen molar-refractivity contribution in [1.82, 2.24) is 10.2 Å². The van der Waals surface area contributed by atoms with Gasteiger partial charge in [0.15, 0.2) is 5.82 Å². The molecule has 3 rings (SSSR count). The fourth-order valence-corrected chi connectivity index (χ4v) is 3.66. The average Bonchev–Trinajstić information content (AvgIpc) is 2.94. The Morgan fingerprint density at radius 1 is 1.13 bits per heavy atom. The summed E-state index contributed by atoms with van der Waals surface area (Å²) < 4.78 is 52.0. The molecular weight excluding hydrogens is 348 g/mol. The highest BCUT2D eigenvalue weighted by molar-refractivity contribution is 7.92. The first-order chi connectivity index (χ1) is 10.9. The average molecular weight is 358 g/mol. The van der Waals surface area contributed by atoms with E-state index >= 15 is 0 Å². The number of H-pyrrole nitrogens is 1. The van der Waals surface area contributed by atoms with Crippen LogP contribution in [0.15, 0.2) is 47.4 Å². The SMILES string of the molecule is O=S(=O)(Nc1cc(C(F)F)[nH]n1)c1cc2ccccc2cc1Cl. The van der Waals surface area contributed by atoms with Gasteiger partial charge in [0.2, 0.25) is 0 Å². The van der Waals surface area contributed by atoms with E-state index in [0.29, 0.717) is 5.39 Å². The molecular formula is C14H10ClF2N3O2S. The predicted molar refractivity (Wildman–Crippen MR) is 83.3 cm³/mol. The summed E-state index contributed by atoms with van der Waals surface area (Å²) in [6, 6.07) is 11.0. The van der Waals surface area contributed by atoms with Gasteiger partial charge in [-0.3, -0.25) is 9.82 Å². The van der Waals surface area contributed by atoms with E-state index in [0.717, 1.165) is 11.5 Å². The first-order valence-corrected chi connectivity index (χ1v) is 8.27. The van der Waals surface area contributed by atoms with E-state index in [1.165, 1.54) is 12.1 Å². The molecule has 1 heterocycles. The number of nitrogens with zero attached hydrogens (tertiary/aromatic N) is 1. The van der Waals surface area contributed by atoms with Gasteiger partial charge >= 0.3 is 0 Å². The maximum atomic E-state index is 12.5. The summed E-state index contributed by atoms with van der Waals surface area (Å²) in [6.07, 6.45) is -2.77. The summed E-state index contributed by atoms with van der Waals surface area (Å²) in [4.78, 5) is -0.153. The molecule has 120 valence electrons. The number of aromatic amines is 1. The topological polar surface area (TPSA) is 74.8 Å². The number of halogens is 3. The van der Waals surface area contributed by atoms with Crippen LogP contribution in [0.2, 0.25) is 5.02 Å². The number of sulfonamides is 1. The Balaban J connectivity index is 2.00. The number of anilines is 1. The third-order valence-corrected chi connectivity index (χ3v) is 4.98. The Labute approximate surface area is 135 Å². The molecule has 0 unspecified atom stereocenters. The van der Waals surface area contributed by atoms with Gasteiger partial charge in [0.05, 0.1) is 5.02 Å². The minimum absolute atomic E-state index is 0.0285. The van der Waals surface area contributed by atoms with Crippen molar-refractivity contribution >= 4 is 38.2 Å². The lowest BCUT2D eigenvalue weighted by atomic mass is 10.1. The molecule has 9 heteroatoms. The molecule has 0 fully saturated rings. The molecule has 0 bridgehead atoms. The summed E-state index contributed by atoms with van der Waals surface area (Å²) in [6.45, 7) is 0. The second-order valence-corrected chi connectivity index (χ2v) is 6.80. The Bertz CT molecular complexity index is 973. The molecule has 2 N–H and O–H groups in total. The molecule has 0 radical (unpaired) electrons. The number of rotatable bonds is 4. The molecule has 0 saturated carbocycles. The van der Waals surface area contributed by atoms with Crippen LogP contribution in [0, 0.1) is 0 Å². The van der Waals surface area contributed by atoms with Crippen LogP contribution in [0.3, 0.4) is 0 Å². The van der Waals surface area contributed by atoms with Crippen molar-refractivity contribution in [3.8, 4) is 0 Å². The molecule has 0 atom stereocenters. The van der Waals surface area contributed by atoms with Crippen molar-refractivity contribution in [3.05, 3.63) is 53.2 Å². The van der Waals surface area contributed by atoms with E-state index in [4.69, 9.17) is 11.6 Å². The highest BCUT2D eigenvalue weighted by atomic mass is 35.5. The molecule has 3 aromatic rings. The lowest BCUT2D eigenvalue weighted by Gasteiger charge is -2.09. The van der Waals surface area contributed by atoms with Gasteiger partial charge in [-0.15, -0.1) is 0 Å². The Morgan fingerprint density at radius 3 is 2.39 bits per heavy atom. The van der Waals surface area contributed by atoms with Crippen molar-refractivity contribution < 1.29 is 17.2 Å². The van der Waals surface area contributed by atoms with E-state index in [2.05, 4.69) is 14.9 Å². The highest BCUT2D eigenvalue weighted by Crippen LogP contribution is 2.29. The summed E-state index contributed by atoms with van der Waals surface area (Å²) in [5.74, 6) is -0.232. The van der Waals surface area contributed by atoms with Crippen molar-refractivity contribution in [2.75, 3.05) is 4.72 Å². The number of hydrogen-bond acceptors (Lipinski definition) is 3. The standard InChI is InChI=1S/C14H10ClF2N3O2S/c15-10-5-8-3-1-2-4-9(8)6-12(10)23(21,22)20-13-7-11(14(16)17)18-19-13/h1-7,14H,(H2,18,19,20). The van der Waals surface area contributed by atoms with Gasteiger partial charge in [0.25, 0.3) is 16.4 Å². The van der Waals surface area contributed by atoms with E-state index in [1.54, 1.807) is 24.3 Å². The maximum absolute atomic E-state index is 12.5. The Hall–Kier alpha value is -2.19. The fourth-order valence-electron chi connectivity index (χ4n) is 2.09. The van der Waals surface area contributed by atoms with E-state index in [1.807, 2.05) is 0 Å². The summed E-state index contributed by atoms with van der Waals surface area (Å²) in [5.41, 5.74) is -0.479. The lowest BCUT2D eigenvalue weighted by molar-refractivity contribution is 0.146. The number of nitrogens with one attached hydrogen (secondary N) is 2. The van der Waals surface area contributed by atoms with Gasteiger partial charge < -0.3 is 0 Å². The zero-order valence-electron chi connectivity index (χ0n) is 11.4. The largest absolute Gasteiger partial charge is 0.279 e. The van der Waals surface area contributed by atoms with E-state index in [9.17, 15) is 17.2 Å². The number of hydrogen-bond donors (Lipinski definition) is 2. The Morgan fingerprint density at radius 2 is 1.78 bits per heavy atom. The molecule has 0 spiro atoms. The summed E-state index contributed by atoms with van der Waals surface area (Å²) in [5, 5.41) is 7.07. The van der Waals surface area contributed by atoms with Gasteiger partial charge in [0.1, 0.15) is 10.6 Å². The van der Waals surface area contributed by atoms with Crippen molar-refractivity contribution in [2.45, 2.75) is 11.3 Å². The molecule has 0 amide bonds. The van der Waals surface area contributed by atoms with Crippen LogP contribution < -0.4 is 4.72 Å². The molecule has 0 aliphatic carbocycles. The molecule has 23 heavy (non-hydrogen) atoms. The van der Waals surface area contributed by atoms with Gasteiger partial charge in [-0.25, -0.2) is 17.2 Å². The second-order valence-electron chi connectivity index (χ2n) is 4.74. The van der Waals surface area contributed by atoms with Gasteiger partial charge in [-0.2, -0.15) is 5.10 Å². The zero-order valence-corrected chi connectivity index (χ0v) is 13.0. The zero-order chi connectivity index (χ0) is 16.6. The smallest absolute Gasteiger partial charge is 0.275 e. The normalized spacial score (nSPS) is 12.0. The maximum Gasteiger partial charge on any atom is 0.279 e. The lowest BCUT2D eigenvalue weighted by Crippen LogP contribution is -2.13. The first-order valence-electron chi connectivity index (χ1n) is 6.41. The van der Waals surface area contributed by atoms with E-state index in [-0.39, 0.29) is 15.7 Å².